The van der Waals surface area contributed by atoms with Crippen molar-refractivity contribution >= 4 is 29.1 Å². The number of benzene rings is 2. The Labute approximate surface area is 212 Å². The standard InChI is InChI=1S/C23H15ClF11NO2/c24-16-8-11(2-4-17(16)25)14(22(30,31)32)9-18(26)12-1-3-13(15(7-12)23(33,34)35)19(37)5-6-20(38)36-10-21(27,28)29/h1-4,7-9,14H,5-6,10H2,(H,36,38)/b18-9-. The Morgan fingerprint density at radius 3 is 2.08 bits per heavy atom. The predicted octanol–water partition coefficient (Wildman–Crippen LogP) is 7.80. The first kappa shape index (κ1) is 31.1. The molecule has 0 aromatic heterocycles. The van der Waals surface area contributed by atoms with Gasteiger partial charge in [0.05, 0.1) is 10.6 Å². The van der Waals surface area contributed by atoms with Crippen LogP contribution >= 0.6 is 11.6 Å². The number of hydrogen-bond donors (Lipinski definition) is 1. The Bertz CT molecular complexity index is 1220. The van der Waals surface area contributed by atoms with Crippen molar-refractivity contribution in [3.63, 3.8) is 0 Å². The average molecular weight is 582 g/mol. The summed E-state index contributed by atoms with van der Waals surface area (Å²) >= 11 is 5.47. The zero-order valence-corrected chi connectivity index (χ0v) is 19.3. The monoisotopic (exact) mass is 581 g/mol. The molecular formula is C23H15ClF11NO2. The summed E-state index contributed by atoms with van der Waals surface area (Å²) in [6.07, 6.45) is -17.1. The summed E-state index contributed by atoms with van der Waals surface area (Å²) in [6.45, 7) is -1.73. The van der Waals surface area contributed by atoms with Gasteiger partial charge in [0.15, 0.2) is 5.78 Å². The number of halogens is 12. The Morgan fingerprint density at radius 2 is 1.55 bits per heavy atom. The van der Waals surface area contributed by atoms with Gasteiger partial charge in [0.25, 0.3) is 0 Å². The smallest absolute Gasteiger partial charge is 0.347 e. The van der Waals surface area contributed by atoms with E-state index >= 15 is 0 Å². The zero-order chi connectivity index (χ0) is 29.1. The number of alkyl halides is 9. The molecule has 208 valence electrons. The molecule has 0 radical (unpaired) electrons. The second-order valence-corrected chi connectivity index (χ2v) is 8.19. The van der Waals surface area contributed by atoms with Crippen LogP contribution in [0.5, 0.6) is 0 Å². The average Bonchev–Trinajstić information content (AvgIpc) is 2.79. The van der Waals surface area contributed by atoms with Crippen LogP contribution in [-0.4, -0.2) is 30.6 Å². The van der Waals surface area contributed by atoms with Gasteiger partial charge in [0, 0.05) is 24.0 Å². The lowest BCUT2D eigenvalue weighted by atomic mass is 9.94. The maximum atomic E-state index is 14.8. The normalized spacial score (nSPS) is 13.8. The Kier molecular flexibility index (Phi) is 9.57. The van der Waals surface area contributed by atoms with E-state index in [-0.39, 0.29) is 12.1 Å². The van der Waals surface area contributed by atoms with E-state index in [0.29, 0.717) is 30.3 Å². The van der Waals surface area contributed by atoms with Crippen molar-refractivity contribution in [1.82, 2.24) is 5.32 Å². The van der Waals surface area contributed by atoms with Crippen LogP contribution in [0, 0.1) is 5.82 Å². The van der Waals surface area contributed by atoms with Crippen LogP contribution in [0.4, 0.5) is 48.3 Å². The molecule has 0 heterocycles. The molecule has 0 aliphatic carbocycles. The molecule has 0 fully saturated rings. The SMILES string of the molecule is O=C(CCC(=O)c1ccc(/C(F)=C/C(c2ccc(F)c(Cl)c2)C(F)(F)F)cc1C(F)(F)F)NCC(F)(F)F. The van der Waals surface area contributed by atoms with Gasteiger partial charge in [-0.3, -0.25) is 9.59 Å². The van der Waals surface area contributed by atoms with E-state index in [1.165, 1.54) is 5.32 Å². The largest absolute Gasteiger partial charge is 0.417 e. The minimum absolute atomic E-state index is 0.0501. The van der Waals surface area contributed by atoms with E-state index in [0.717, 1.165) is 0 Å². The summed E-state index contributed by atoms with van der Waals surface area (Å²) < 4.78 is 146. The van der Waals surface area contributed by atoms with Gasteiger partial charge in [-0.05, 0) is 29.8 Å². The molecule has 1 amide bonds. The van der Waals surface area contributed by atoms with Crippen molar-refractivity contribution in [3.8, 4) is 0 Å². The van der Waals surface area contributed by atoms with Crippen molar-refractivity contribution < 1.29 is 57.9 Å². The summed E-state index contributed by atoms with van der Waals surface area (Å²) in [5.74, 6) is -8.15. The van der Waals surface area contributed by atoms with Crippen LogP contribution in [0.15, 0.2) is 42.5 Å². The molecular weight excluding hydrogens is 567 g/mol. The van der Waals surface area contributed by atoms with Gasteiger partial charge in [-0.1, -0.05) is 29.8 Å². The molecule has 0 aliphatic heterocycles. The number of ketones is 1. The van der Waals surface area contributed by atoms with Gasteiger partial charge in [0.1, 0.15) is 24.1 Å². The molecule has 0 aliphatic rings. The Hall–Kier alpha value is -3.16. The molecule has 15 heteroatoms. The van der Waals surface area contributed by atoms with Gasteiger partial charge in [0.2, 0.25) is 5.91 Å². The first-order valence-electron chi connectivity index (χ1n) is 10.3. The van der Waals surface area contributed by atoms with Crippen LogP contribution in [0.1, 0.15) is 45.8 Å². The Balaban J connectivity index is 2.38. The van der Waals surface area contributed by atoms with E-state index in [1.807, 2.05) is 0 Å². The second kappa shape index (κ2) is 11.7. The second-order valence-electron chi connectivity index (χ2n) is 7.78. The fraction of sp³-hybridized carbons (Fsp3) is 0.304. The highest BCUT2D eigenvalue weighted by Gasteiger charge is 2.41. The number of Topliss-reactive ketones (excluding diaryl/α,β-unsaturated/α-hetero) is 1. The number of allylic oxidation sites excluding steroid dienone is 1. The minimum atomic E-state index is -5.30. The van der Waals surface area contributed by atoms with Crippen molar-refractivity contribution in [2.75, 3.05) is 6.54 Å². The molecule has 0 saturated carbocycles. The number of nitrogens with one attached hydrogen (secondary N) is 1. The zero-order valence-electron chi connectivity index (χ0n) is 18.6. The van der Waals surface area contributed by atoms with E-state index in [2.05, 4.69) is 0 Å². The molecule has 2 aromatic rings. The number of rotatable bonds is 8. The summed E-state index contributed by atoms with van der Waals surface area (Å²) in [5.41, 5.74) is -4.51. The Morgan fingerprint density at radius 1 is 0.921 bits per heavy atom. The first-order chi connectivity index (χ1) is 17.3. The van der Waals surface area contributed by atoms with Gasteiger partial charge >= 0.3 is 18.5 Å². The third-order valence-electron chi connectivity index (χ3n) is 4.93. The first-order valence-corrected chi connectivity index (χ1v) is 10.6. The van der Waals surface area contributed by atoms with Gasteiger partial charge in [-0.15, -0.1) is 0 Å². The molecule has 2 rings (SSSR count). The quantitative estimate of drug-likeness (QED) is 0.255. The molecule has 0 bridgehead atoms. The maximum Gasteiger partial charge on any atom is 0.417 e. The number of amides is 1. The highest BCUT2D eigenvalue weighted by molar-refractivity contribution is 6.30. The summed E-state index contributed by atoms with van der Waals surface area (Å²) in [6, 6.07) is 2.97. The van der Waals surface area contributed by atoms with Gasteiger partial charge in [-0.2, -0.15) is 39.5 Å². The summed E-state index contributed by atoms with van der Waals surface area (Å²) in [4.78, 5) is 23.7. The van der Waals surface area contributed by atoms with Crippen LogP contribution < -0.4 is 5.32 Å². The summed E-state index contributed by atoms with van der Waals surface area (Å²) in [7, 11) is 0. The lowest BCUT2D eigenvalue weighted by Gasteiger charge is -2.18. The van der Waals surface area contributed by atoms with Crippen molar-refractivity contribution in [2.24, 2.45) is 0 Å². The molecule has 1 N–H and O–H groups in total. The van der Waals surface area contributed by atoms with E-state index in [9.17, 15) is 57.9 Å². The van der Waals surface area contributed by atoms with E-state index in [1.54, 1.807) is 0 Å². The topological polar surface area (TPSA) is 46.2 Å². The van der Waals surface area contributed by atoms with Gasteiger partial charge in [-0.25, -0.2) is 8.78 Å². The molecule has 0 saturated heterocycles. The predicted molar refractivity (Wildman–Crippen MR) is 113 cm³/mol. The van der Waals surface area contributed by atoms with Crippen LogP contribution in [-0.2, 0) is 11.0 Å². The van der Waals surface area contributed by atoms with E-state index < -0.39 is 94.4 Å². The lowest BCUT2D eigenvalue weighted by Crippen LogP contribution is -2.33. The summed E-state index contributed by atoms with van der Waals surface area (Å²) in [5, 5.41) is 0.724. The third kappa shape index (κ3) is 8.71. The number of carbonyl (C=O) groups excluding carboxylic acids is 2. The van der Waals surface area contributed by atoms with Crippen molar-refractivity contribution in [1.29, 1.82) is 0 Å². The molecule has 38 heavy (non-hydrogen) atoms. The van der Waals surface area contributed by atoms with Crippen LogP contribution in [0.25, 0.3) is 5.83 Å². The maximum absolute atomic E-state index is 14.8. The molecule has 0 spiro atoms. The van der Waals surface area contributed by atoms with Crippen LogP contribution in [0.2, 0.25) is 5.02 Å². The number of carbonyl (C=O) groups is 2. The molecule has 2 aromatic carbocycles. The van der Waals surface area contributed by atoms with Crippen molar-refractivity contribution in [3.05, 3.63) is 75.6 Å². The fourth-order valence-corrected chi connectivity index (χ4v) is 3.34. The molecule has 3 nitrogen and oxygen atoms in total. The van der Waals surface area contributed by atoms with Crippen LogP contribution in [0.3, 0.4) is 0 Å². The van der Waals surface area contributed by atoms with Crippen molar-refractivity contribution in [2.45, 2.75) is 37.3 Å². The number of hydrogen-bond acceptors (Lipinski definition) is 2. The fourth-order valence-electron chi connectivity index (χ4n) is 3.15. The molecule has 1 atom stereocenters. The van der Waals surface area contributed by atoms with Gasteiger partial charge < -0.3 is 5.32 Å². The highest BCUT2D eigenvalue weighted by Crippen LogP contribution is 2.40. The molecule has 1 unspecified atom stereocenters. The highest BCUT2D eigenvalue weighted by atomic mass is 35.5. The minimum Gasteiger partial charge on any atom is -0.347 e. The van der Waals surface area contributed by atoms with E-state index in [4.69, 9.17) is 11.6 Å². The lowest BCUT2D eigenvalue weighted by molar-refractivity contribution is -0.140. The third-order valence-corrected chi connectivity index (χ3v) is 5.22.